The Hall–Kier alpha value is -2.41. The summed E-state index contributed by atoms with van der Waals surface area (Å²) in [7, 11) is 0. The number of esters is 1. The highest BCUT2D eigenvalue weighted by atomic mass is 32.1. The fraction of sp³-hybridized carbons (Fsp3) is 0.267. The van der Waals surface area contributed by atoms with Gasteiger partial charge in [-0.2, -0.15) is 0 Å². The number of hydrogen-bond acceptors (Lipinski definition) is 5. The van der Waals surface area contributed by atoms with Gasteiger partial charge in [0.1, 0.15) is 10.8 Å². The fourth-order valence-corrected chi connectivity index (χ4v) is 3.34. The van der Waals surface area contributed by atoms with Crippen LogP contribution in [0.1, 0.15) is 30.1 Å². The molecule has 1 aromatic heterocycles. The van der Waals surface area contributed by atoms with Crippen LogP contribution in [0.15, 0.2) is 18.2 Å². The van der Waals surface area contributed by atoms with E-state index in [0.717, 1.165) is 17.5 Å². The second-order valence-corrected chi connectivity index (χ2v) is 6.24. The van der Waals surface area contributed by atoms with Gasteiger partial charge in [-0.15, -0.1) is 11.3 Å². The quantitative estimate of drug-likeness (QED) is 0.667. The second kappa shape index (κ2) is 5.42. The third-order valence-corrected chi connectivity index (χ3v) is 4.42. The minimum atomic E-state index is -0.599. The Morgan fingerprint density at radius 3 is 2.64 bits per heavy atom. The summed E-state index contributed by atoms with van der Waals surface area (Å²) in [4.78, 5) is 34.6. The van der Waals surface area contributed by atoms with E-state index in [1.54, 1.807) is 18.2 Å². The second-order valence-electron chi connectivity index (χ2n) is 5.19. The molecule has 2 aromatic rings. The minimum absolute atomic E-state index is 0.0301. The summed E-state index contributed by atoms with van der Waals surface area (Å²) in [6.45, 7) is 1.31. The molecule has 22 heavy (non-hydrogen) atoms. The zero-order valence-corrected chi connectivity index (χ0v) is 12.7. The molecule has 2 amide bonds. The molecule has 6 nitrogen and oxygen atoms in total. The first-order valence-electron chi connectivity index (χ1n) is 6.81. The molecule has 3 N–H and O–H groups in total. The van der Waals surface area contributed by atoms with E-state index in [4.69, 9.17) is 10.5 Å². The lowest BCUT2D eigenvalue weighted by Gasteiger charge is -2.03. The van der Waals surface area contributed by atoms with Gasteiger partial charge in [0.15, 0.2) is 0 Å². The molecule has 1 aliphatic rings. The van der Waals surface area contributed by atoms with Gasteiger partial charge in [0.2, 0.25) is 5.91 Å². The summed E-state index contributed by atoms with van der Waals surface area (Å²) in [5.74, 6) is -0.694. The van der Waals surface area contributed by atoms with E-state index in [-0.39, 0.29) is 11.8 Å². The number of ether oxygens (including phenoxy) is 1. The van der Waals surface area contributed by atoms with Crippen molar-refractivity contribution in [2.45, 2.75) is 19.8 Å². The summed E-state index contributed by atoms with van der Waals surface area (Å²) < 4.78 is 5.75. The van der Waals surface area contributed by atoms with Crippen LogP contribution in [0.25, 0.3) is 10.1 Å². The monoisotopic (exact) mass is 318 g/mol. The molecule has 1 aliphatic carbocycles. The standard InChI is InChI=1S/C15H14N2O4S/c1-7(18)21-9-4-5-10-11(6-9)22-15(12(10)13(16)19)17-14(20)8-2-3-8/h4-6,8H,2-3H2,1H3,(H2,16,19)(H,17,20). The predicted molar refractivity (Wildman–Crippen MR) is 83.0 cm³/mol. The number of rotatable bonds is 4. The molecule has 114 valence electrons. The van der Waals surface area contributed by atoms with Crippen molar-refractivity contribution in [2.75, 3.05) is 5.32 Å². The van der Waals surface area contributed by atoms with E-state index in [9.17, 15) is 14.4 Å². The van der Waals surface area contributed by atoms with Crippen molar-refractivity contribution in [3.05, 3.63) is 23.8 Å². The van der Waals surface area contributed by atoms with Gasteiger partial charge < -0.3 is 15.8 Å². The van der Waals surface area contributed by atoms with Crippen LogP contribution in [-0.4, -0.2) is 17.8 Å². The highest BCUT2D eigenvalue weighted by Gasteiger charge is 2.31. The van der Waals surface area contributed by atoms with E-state index < -0.39 is 11.9 Å². The van der Waals surface area contributed by atoms with Crippen molar-refractivity contribution in [1.29, 1.82) is 0 Å². The highest BCUT2D eigenvalue weighted by molar-refractivity contribution is 7.23. The van der Waals surface area contributed by atoms with Crippen LogP contribution >= 0.6 is 11.3 Å². The number of hydrogen-bond donors (Lipinski definition) is 2. The average Bonchev–Trinajstić information content (AvgIpc) is 3.20. The Morgan fingerprint density at radius 1 is 1.32 bits per heavy atom. The summed E-state index contributed by atoms with van der Waals surface area (Å²) in [5, 5.41) is 3.86. The number of anilines is 1. The molecule has 7 heteroatoms. The SMILES string of the molecule is CC(=O)Oc1ccc2c(C(N)=O)c(NC(=O)C3CC3)sc2c1. The van der Waals surface area contributed by atoms with Crippen LogP contribution in [0, 0.1) is 5.92 Å². The van der Waals surface area contributed by atoms with Crippen molar-refractivity contribution in [1.82, 2.24) is 0 Å². The van der Waals surface area contributed by atoms with Gasteiger partial charge in [-0.05, 0) is 31.0 Å². The molecule has 0 aliphatic heterocycles. The van der Waals surface area contributed by atoms with Gasteiger partial charge in [-0.25, -0.2) is 0 Å². The Balaban J connectivity index is 2.02. The number of amides is 2. The van der Waals surface area contributed by atoms with Crippen molar-refractivity contribution in [3.8, 4) is 5.75 Å². The van der Waals surface area contributed by atoms with Gasteiger partial charge in [0.05, 0.1) is 5.56 Å². The Labute approximate surface area is 130 Å². The number of nitrogens with one attached hydrogen (secondary N) is 1. The lowest BCUT2D eigenvalue weighted by molar-refractivity contribution is -0.131. The average molecular weight is 318 g/mol. The molecule has 0 spiro atoms. The smallest absolute Gasteiger partial charge is 0.308 e. The third-order valence-electron chi connectivity index (χ3n) is 3.35. The number of thiophene rings is 1. The first-order valence-corrected chi connectivity index (χ1v) is 7.63. The molecule has 0 saturated heterocycles. The van der Waals surface area contributed by atoms with E-state index >= 15 is 0 Å². The van der Waals surface area contributed by atoms with Crippen molar-refractivity contribution in [3.63, 3.8) is 0 Å². The number of fused-ring (bicyclic) bond motifs is 1. The molecule has 1 heterocycles. The number of carbonyl (C=O) groups excluding carboxylic acids is 3. The first kappa shape index (κ1) is 14.5. The lowest BCUT2D eigenvalue weighted by atomic mass is 10.1. The Kier molecular flexibility index (Phi) is 3.58. The normalized spacial score (nSPS) is 13.9. The fourth-order valence-electron chi connectivity index (χ4n) is 2.20. The van der Waals surface area contributed by atoms with Crippen LogP contribution < -0.4 is 15.8 Å². The number of carbonyl (C=O) groups is 3. The molecule has 0 unspecified atom stereocenters. The van der Waals surface area contributed by atoms with Crippen LogP contribution in [0.5, 0.6) is 5.75 Å². The molecule has 1 aromatic carbocycles. The molecule has 1 fully saturated rings. The summed E-state index contributed by atoms with van der Waals surface area (Å²) in [5.41, 5.74) is 5.74. The number of primary amides is 1. The maximum absolute atomic E-state index is 11.9. The third kappa shape index (κ3) is 2.80. The van der Waals surface area contributed by atoms with Gasteiger partial charge in [-0.1, -0.05) is 0 Å². The first-order chi connectivity index (χ1) is 10.5. The van der Waals surface area contributed by atoms with Crippen molar-refractivity contribution >= 4 is 44.2 Å². The Bertz CT molecular complexity index is 792. The summed E-state index contributed by atoms with van der Waals surface area (Å²) in [6, 6.07) is 4.91. The molecular formula is C15H14N2O4S. The van der Waals surface area contributed by atoms with Gasteiger partial charge in [0.25, 0.3) is 5.91 Å². The zero-order valence-electron chi connectivity index (χ0n) is 11.8. The molecule has 0 radical (unpaired) electrons. The predicted octanol–water partition coefficient (Wildman–Crippen LogP) is 2.27. The number of benzene rings is 1. The van der Waals surface area contributed by atoms with Crippen LogP contribution in [0.4, 0.5) is 5.00 Å². The molecule has 0 bridgehead atoms. The summed E-state index contributed by atoms with van der Waals surface area (Å²) in [6.07, 6.45) is 1.75. The minimum Gasteiger partial charge on any atom is -0.427 e. The Morgan fingerprint density at radius 2 is 2.05 bits per heavy atom. The van der Waals surface area contributed by atoms with Crippen LogP contribution in [0.3, 0.4) is 0 Å². The van der Waals surface area contributed by atoms with E-state index in [1.807, 2.05) is 0 Å². The molecule has 3 rings (SSSR count). The molecule has 0 atom stereocenters. The van der Waals surface area contributed by atoms with Crippen LogP contribution in [-0.2, 0) is 9.59 Å². The molecule has 1 saturated carbocycles. The van der Waals surface area contributed by atoms with Gasteiger partial charge in [0, 0.05) is 22.9 Å². The van der Waals surface area contributed by atoms with Crippen LogP contribution in [0.2, 0.25) is 0 Å². The zero-order chi connectivity index (χ0) is 15.9. The highest BCUT2D eigenvalue weighted by Crippen LogP contribution is 2.39. The summed E-state index contributed by atoms with van der Waals surface area (Å²) >= 11 is 1.24. The largest absolute Gasteiger partial charge is 0.427 e. The number of nitrogens with two attached hydrogens (primary N) is 1. The maximum atomic E-state index is 11.9. The van der Waals surface area contributed by atoms with Crippen molar-refractivity contribution < 1.29 is 19.1 Å². The van der Waals surface area contributed by atoms with Gasteiger partial charge >= 0.3 is 5.97 Å². The van der Waals surface area contributed by atoms with Gasteiger partial charge in [-0.3, -0.25) is 14.4 Å². The van der Waals surface area contributed by atoms with E-state index in [1.165, 1.54) is 18.3 Å². The molecular weight excluding hydrogens is 304 g/mol. The lowest BCUT2D eigenvalue weighted by Crippen LogP contribution is -2.17. The van der Waals surface area contributed by atoms with Crippen molar-refractivity contribution in [2.24, 2.45) is 11.7 Å². The topological polar surface area (TPSA) is 98.5 Å². The van der Waals surface area contributed by atoms with E-state index in [2.05, 4.69) is 5.32 Å². The van der Waals surface area contributed by atoms with E-state index in [0.29, 0.717) is 21.7 Å². The maximum Gasteiger partial charge on any atom is 0.308 e.